The highest BCUT2D eigenvalue weighted by Crippen LogP contribution is 2.42. The minimum absolute atomic E-state index is 0.180. The average molecular weight is 528 g/mol. The summed E-state index contributed by atoms with van der Waals surface area (Å²) in [5.41, 5.74) is 5.28. The van der Waals surface area contributed by atoms with E-state index in [2.05, 4.69) is 64.0 Å². The van der Waals surface area contributed by atoms with Gasteiger partial charge in [0.05, 0.1) is 11.3 Å². The maximum atomic E-state index is 13.5. The third-order valence-electron chi connectivity index (χ3n) is 6.86. The average Bonchev–Trinajstić information content (AvgIpc) is 2.86. The molecule has 3 N–H and O–H groups in total. The van der Waals surface area contributed by atoms with Crippen LogP contribution in [0.5, 0.6) is 5.75 Å². The highest BCUT2D eigenvalue weighted by atomic mass is 32.2. The second-order valence-electron chi connectivity index (χ2n) is 11.9. The molecule has 5 rings (SSSR count). The minimum atomic E-state index is -0.430. The fraction of sp³-hybridized carbons (Fsp3) is 0.323. The topological polar surface area (TPSA) is 81.9 Å². The fourth-order valence-electron chi connectivity index (χ4n) is 4.86. The quantitative estimate of drug-likeness (QED) is 0.215. The number of aromatic amines is 1. The Labute approximate surface area is 228 Å². The summed E-state index contributed by atoms with van der Waals surface area (Å²) >= 11 is 1.50. The van der Waals surface area contributed by atoms with Crippen LogP contribution in [0.4, 0.5) is 5.69 Å². The molecule has 1 aliphatic heterocycles. The third kappa shape index (κ3) is 4.95. The van der Waals surface area contributed by atoms with Crippen molar-refractivity contribution in [2.45, 2.75) is 69.4 Å². The van der Waals surface area contributed by atoms with Crippen molar-refractivity contribution in [2.75, 3.05) is 5.32 Å². The Kier molecular flexibility index (Phi) is 6.59. The summed E-state index contributed by atoms with van der Waals surface area (Å²) in [5.74, 6) is 1.02. The monoisotopic (exact) mass is 527 g/mol. The number of phenols is 1. The lowest BCUT2D eigenvalue weighted by molar-refractivity contribution is -0.759. The number of hydrogen-bond donors (Lipinski definition) is 3. The van der Waals surface area contributed by atoms with Crippen LogP contribution in [-0.4, -0.2) is 15.2 Å². The van der Waals surface area contributed by atoms with E-state index in [0.717, 1.165) is 33.5 Å². The van der Waals surface area contributed by atoms with Crippen LogP contribution in [0.25, 0.3) is 11.3 Å². The molecule has 1 atom stereocenters. The second kappa shape index (κ2) is 9.62. The van der Waals surface area contributed by atoms with Crippen molar-refractivity contribution < 1.29 is 9.79 Å². The van der Waals surface area contributed by atoms with Crippen LogP contribution in [0.1, 0.15) is 70.0 Å². The van der Waals surface area contributed by atoms with Crippen molar-refractivity contribution in [3.63, 3.8) is 0 Å². The summed E-state index contributed by atoms with van der Waals surface area (Å²) in [6.07, 6.45) is -0.430. The van der Waals surface area contributed by atoms with Gasteiger partial charge in [0.25, 0.3) is 6.17 Å². The predicted octanol–water partition coefficient (Wildman–Crippen LogP) is 6.29. The molecule has 0 bridgehead atoms. The molecule has 3 aromatic carbocycles. The molecule has 0 saturated heterocycles. The zero-order chi connectivity index (χ0) is 27.2. The van der Waals surface area contributed by atoms with Gasteiger partial charge >= 0.3 is 11.3 Å². The van der Waals surface area contributed by atoms with Crippen LogP contribution in [0.15, 0.2) is 76.7 Å². The summed E-state index contributed by atoms with van der Waals surface area (Å²) in [7, 11) is 0. The van der Waals surface area contributed by atoms with Gasteiger partial charge in [-0.15, -0.1) is 0 Å². The lowest BCUT2D eigenvalue weighted by Gasteiger charge is -2.30. The van der Waals surface area contributed by atoms with Crippen molar-refractivity contribution in [1.29, 1.82) is 0 Å². The SMILES string of the molecule is CC(C)(C)c1cc([C@@H]2Nc3ccccc3-c3c(=O)[nH]c(SCc4ccccc4)n[n+]32)cc(C(C)(C)C)c1O. The van der Waals surface area contributed by atoms with Crippen LogP contribution < -0.4 is 15.6 Å². The smallest absolute Gasteiger partial charge is 0.325 e. The molecule has 1 aromatic heterocycles. The number of nitrogens with one attached hydrogen (secondary N) is 2. The molecule has 4 aromatic rings. The first-order valence-electron chi connectivity index (χ1n) is 12.9. The van der Waals surface area contributed by atoms with Gasteiger partial charge in [0.15, 0.2) is 0 Å². The van der Waals surface area contributed by atoms with E-state index in [1.54, 1.807) is 4.68 Å². The van der Waals surface area contributed by atoms with E-state index in [1.165, 1.54) is 11.8 Å². The van der Waals surface area contributed by atoms with E-state index in [-0.39, 0.29) is 16.4 Å². The number of aromatic nitrogens is 3. The first kappa shape index (κ1) is 26.0. The second-order valence-corrected chi connectivity index (χ2v) is 12.8. The van der Waals surface area contributed by atoms with Gasteiger partial charge in [-0.3, -0.25) is 9.78 Å². The third-order valence-corrected chi connectivity index (χ3v) is 7.80. The van der Waals surface area contributed by atoms with E-state index < -0.39 is 6.17 Å². The van der Waals surface area contributed by atoms with Crippen molar-refractivity contribution in [1.82, 2.24) is 10.1 Å². The van der Waals surface area contributed by atoms with Gasteiger partial charge in [-0.05, 0) is 45.3 Å². The summed E-state index contributed by atoms with van der Waals surface area (Å²) in [5, 5.41) is 20.4. The largest absolute Gasteiger partial charge is 0.507 e. The number of anilines is 1. The molecule has 38 heavy (non-hydrogen) atoms. The molecule has 0 radical (unpaired) electrons. The van der Waals surface area contributed by atoms with Crippen LogP contribution in [0.3, 0.4) is 0 Å². The van der Waals surface area contributed by atoms with Gasteiger partial charge in [-0.1, -0.05) is 95.8 Å². The van der Waals surface area contributed by atoms with Crippen LogP contribution >= 0.6 is 11.8 Å². The van der Waals surface area contributed by atoms with Crippen LogP contribution in [0.2, 0.25) is 0 Å². The van der Waals surface area contributed by atoms with Gasteiger partial charge in [0.2, 0.25) is 5.16 Å². The summed E-state index contributed by atoms with van der Waals surface area (Å²) in [6, 6.07) is 22.1. The maximum Gasteiger partial charge on any atom is 0.325 e. The Balaban J connectivity index is 1.69. The van der Waals surface area contributed by atoms with Crippen LogP contribution in [-0.2, 0) is 16.6 Å². The Morgan fingerprint density at radius 2 is 1.53 bits per heavy atom. The summed E-state index contributed by atoms with van der Waals surface area (Å²) < 4.78 is 1.81. The Morgan fingerprint density at radius 1 is 0.921 bits per heavy atom. The number of fused-ring (bicyclic) bond motifs is 3. The zero-order valence-electron chi connectivity index (χ0n) is 22.8. The molecule has 0 spiro atoms. The lowest BCUT2D eigenvalue weighted by Crippen LogP contribution is -2.55. The normalized spacial score (nSPS) is 14.9. The van der Waals surface area contributed by atoms with E-state index in [1.807, 2.05) is 54.6 Å². The molecule has 196 valence electrons. The Morgan fingerprint density at radius 3 is 2.16 bits per heavy atom. The minimum Gasteiger partial charge on any atom is -0.507 e. The number of rotatable bonds is 4. The van der Waals surface area contributed by atoms with Crippen LogP contribution in [0, 0.1) is 0 Å². The van der Waals surface area contributed by atoms with E-state index >= 15 is 0 Å². The standard InChI is InChI=1S/C31H34N4O2S/c1-30(2,3)22-16-20(17-23(26(22)36)31(4,5)6)27-32-24-15-11-10-14-21(24)25-28(37)33-29(34-35(25)27)38-18-19-12-8-7-9-13-19/h7-17,27H,18H2,1-6H3,(H2,33,34,36,37)/p+1/t27-/m1/s1. The molecule has 2 heterocycles. The summed E-state index contributed by atoms with van der Waals surface area (Å²) in [6.45, 7) is 12.6. The van der Waals surface area contributed by atoms with Crippen molar-refractivity contribution in [3.8, 4) is 17.0 Å². The molecular formula is C31H35N4O2S+. The number of benzene rings is 3. The van der Waals surface area contributed by atoms with E-state index in [9.17, 15) is 9.90 Å². The molecule has 0 unspecified atom stereocenters. The van der Waals surface area contributed by atoms with E-state index in [0.29, 0.717) is 22.4 Å². The van der Waals surface area contributed by atoms with Gasteiger partial charge in [-0.25, -0.2) is 0 Å². The number of para-hydroxylation sites is 1. The Hall–Kier alpha value is -3.58. The van der Waals surface area contributed by atoms with E-state index in [4.69, 9.17) is 5.10 Å². The number of H-pyrrole nitrogens is 1. The van der Waals surface area contributed by atoms with Crippen molar-refractivity contribution >= 4 is 17.4 Å². The molecule has 7 heteroatoms. The highest BCUT2D eigenvalue weighted by molar-refractivity contribution is 7.98. The highest BCUT2D eigenvalue weighted by Gasteiger charge is 2.39. The number of phenolic OH excluding ortho intramolecular Hbond substituents is 1. The number of aromatic hydroxyl groups is 1. The van der Waals surface area contributed by atoms with Crippen molar-refractivity contribution in [2.24, 2.45) is 0 Å². The molecule has 0 aliphatic carbocycles. The molecule has 6 nitrogen and oxygen atoms in total. The van der Waals surface area contributed by atoms with Crippen molar-refractivity contribution in [3.05, 3.63) is 99.3 Å². The van der Waals surface area contributed by atoms with Gasteiger partial charge < -0.3 is 10.4 Å². The molecule has 1 aliphatic rings. The maximum absolute atomic E-state index is 13.5. The van der Waals surface area contributed by atoms with Gasteiger partial charge in [0, 0.05) is 27.5 Å². The fourth-order valence-corrected chi connectivity index (χ4v) is 5.67. The number of nitrogens with zero attached hydrogens (tertiary/aromatic N) is 2. The Bertz CT molecular complexity index is 1510. The van der Waals surface area contributed by atoms with Gasteiger partial charge in [-0.2, -0.15) is 0 Å². The molecule has 0 saturated carbocycles. The number of hydrogen-bond acceptors (Lipinski definition) is 5. The molecule has 0 fully saturated rings. The van der Waals surface area contributed by atoms with Gasteiger partial charge in [0.1, 0.15) is 5.75 Å². The predicted molar refractivity (Wildman–Crippen MR) is 154 cm³/mol. The first-order chi connectivity index (χ1) is 17.9. The molecule has 0 amide bonds. The first-order valence-corrected chi connectivity index (χ1v) is 13.9. The lowest BCUT2D eigenvalue weighted by atomic mass is 9.78. The zero-order valence-corrected chi connectivity index (χ0v) is 23.6. The summed E-state index contributed by atoms with van der Waals surface area (Å²) in [4.78, 5) is 16.6. The molecular weight excluding hydrogens is 492 g/mol. The number of thioether (sulfide) groups is 1.